The second-order valence-corrected chi connectivity index (χ2v) is 9.72. The van der Waals surface area contributed by atoms with Crippen LogP contribution in [0.3, 0.4) is 0 Å². The van der Waals surface area contributed by atoms with Gasteiger partial charge in [-0.25, -0.2) is 0 Å². The summed E-state index contributed by atoms with van der Waals surface area (Å²) in [5, 5.41) is 5.52. The van der Waals surface area contributed by atoms with Gasteiger partial charge < -0.3 is 16.4 Å². The van der Waals surface area contributed by atoms with Crippen LogP contribution in [0, 0.1) is 11.3 Å². The van der Waals surface area contributed by atoms with E-state index in [0.29, 0.717) is 6.54 Å². The molecule has 0 saturated carbocycles. The first kappa shape index (κ1) is 27.6. The first-order chi connectivity index (χ1) is 15.0. The standard InChI is InChI=1S/C27H43N3O2/c1-19(2)25(30-24(31)18-28)26(32)29-17-15-21(4)11-8-10-20(3)13-14-23-22(5)12-9-16-27(23,6)7/h8,10-11,13-15,19,25H,9,12,16-18,28H2,1-7H3,(H,29,32)(H,30,31)/b11-8+,14-13+,20-10+,21-15+/t25-/m0/s1. The molecule has 1 aliphatic carbocycles. The topological polar surface area (TPSA) is 84.2 Å². The number of hydrogen-bond donors (Lipinski definition) is 3. The summed E-state index contributed by atoms with van der Waals surface area (Å²) in [7, 11) is 0. The van der Waals surface area contributed by atoms with E-state index in [-0.39, 0.29) is 29.7 Å². The van der Waals surface area contributed by atoms with Crippen molar-refractivity contribution in [3.8, 4) is 0 Å². The Morgan fingerprint density at radius 3 is 2.44 bits per heavy atom. The molecule has 0 aliphatic heterocycles. The molecule has 0 aromatic rings. The van der Waals surface area contributed by atoms with E-state index in [1.807, 2.05) is 39.0 Å². The minimum atomic E-state index is -0.583. The number of rotatable bonds is 10. The Morgan fingerprint density at radius 1 is 1.16 bits per heavy atom. The van der Waals surface area contributed by atoms with Crippen molar-refractivity contribution in [3.63, 3.8) is 0 Å². The predicted octanol–water partition coefficient (Wildman–Crippen LogP) is 4.73. The lowest BCUT2D eigenvalue weighted by atomic mass is 9.72. The zero-order valence-electron chi connectivity index (χ0n) is 21.0. The van der Waals surface area contributed by atoms with Gasteiger partial charge in [0.15, 0.2) is 0 Å². The average Bonchev–Trinajstić information content (AvgIpc) is 2.70. The third-order valence-corrected chi connectivity index (χ3v) is 5.92. The molecule has 5 nitrogen and oxygen atoms in total. The number of allylic oxidation sites excluding steroid dienone is 9. The van der Waals surface area contributed by atoms with Crippen LogP contribution >= 0.6 is 0 Å². The van der Waals surface area contributed by atoms with Gasteiger partial charge in [0.25, 0.3) is 0 Å². The highest BCUT2D eigenvalue weighted by molar-refractivity contribution is 5.88. The van der Waals surface area contributed by atoms with Gasteiger partial charge in [-0.2, -0.15) is 0 Å². The second-order valence-electron chi connectivity index (χ2n) is 9.72. The van der Waals surface area contributed by atoms with Crippen LogP contribution in [0.5, 0.6) is 0 Å². The highest BCUT2D eigenvalue weighted by Gasteiger charge is 2.26. The van der Waals surface area contributed by atoms with Crippen molar-refractivity contribution in [1.29, 1.82) is 0 Å². The van der Waals surface area contributed by atoms with E-state index in [4.69, 9.17) is 5.73 Å². The zero-order chi connectivity index (χ0) is 24.3. The molecule has 0 fully saturated rings. The molecular weight excluding hydrogens is 398 g/mol. The van der Waals surface area contributed by atoms with Crippen LogP contribution in [0.4, 0.5) is 0 Å². The third kappa shape index (κ3) is 9.39. The molecule has 0 saturated heterocycles. The predicted molar refractivity (Wildman–Crippen MR) is 135 cm³/mol. The Morgan fingerprint density at radius 2 is 1.84 bits per heavy atom. The van der Waals surface area contributed by atoms with Gasteiger partial charge in [0, 0.05) is 6.54 Å². The van der Waals surface area contributed by atoms with E-state index in [1.165, 1.54) is 36.0 Å². The number of amides is 2. The highest BCUT2D eigenvalue weighted by Crippen LogP contribution is 2.40. The Labute approximate surface area is 195 Å². The number of carbonyl (C=O) groups is 2. The van der Waals surface area contributed by atoms with Crippen LogP contribution < -0.4 is 16.4 Å². The number of carbonyl (C=O) groups excluding carboxylic acids is 2. The molecule has 4 N–H and O–H groups in total. The highest BCUT2D eigenvalue weighted by atomic mass is 16.2. The van der Waals surface area contributed by atoms with Crippen LogP contribution in [0.1, 0.15) is 67.7 Å². The SMILES string of the molecule is CC1=C(/C=C/C(C)=C/C=C/C(C)=C/CNC(=O)[C@@H](NC(=O)CN)C(C)C)C(C)(C)CCC1. The van der Waals surface area contributed by atoms with Crippen molar-refractivity contribution in [2.75, 3.05) is 13.1 Å². The molecule has 0 spiro atoms. The van der Waals surface area contributed by atoms with E-state index in [9.17, 15) is 9.59 Å². The normalized spacial score (nSPS) is 18.5. The van der Waals surface area contributed by atoms with Crippen LogP contribution in [-0.2, 0) is 9.59 Å². The van der Waals surface area contributed by atoms with E-state index in [1.54, 1.807) is 0 Å². The molecule has 5 heteroatoms. The number of nitrogens with one attached hydrogen (secondary N) is 2. The molecule has 2 amide bonds. The summed E-state index contributed by atoms with van der Waals surface area (Å²) in [4.78, 5) is 23.9. The molecule has 0 radical (unpaired) electrons. The maximum Gasteiger partial charge on any atom is 0.243 e. The number of hydrogen-bond acceptors (Lipinski definition) is 3. The van der Waals surface area contributed by atoms with E-state index in [2.05, 4.69) is 56.6 Å². The van der Waals surface area contributed by atoms with E-state index >= 15 is 0 Å². The Balaban J connectivity index is 2.63. The fourth-order valence-electron chi connectivity index (χ4n) is 3.89. The van der Waals surface area contributed by atoms with Gasteiger partial charge in [-0.3, -0.25) is 9.59 Å². The average molecular weight is 442 g/mol. The van der Waals surface area contributed by atoms with Crippen molar-refractivity contribution >= 4 is 11.8 Å². The molecule has 1 atom stereocenters. The molecular formula is C27H43N3O2. The second kappa shape index (κ2) is 13.2. The first-order valence-corrected chi connectivity index (χ1v) is 11.6. The lowest BCUT2D eigenvalue weighted by molar-refractivity contribution is -0.129. The van der Waals surface area contributed by atoms with E-state index in [0.717, 1.165) is 5.57 Å². The maximum absolute atomic E-state index is 12.4. The zero-order valence-corrected chi connectivity index (χ0v) is 21.0. The van der Waals surface area contributed by atoms with Crippen molar-refractivity contribution in [2.45, 2.75) is 73.8 Å². The largest absolute Gasteiger partial charge is 0.351 e. The van der Waals surface area contributed by atoms with Crippen LogP contribution in [-0.4, -0.2) is 30.9 Å². The van der Waals surface area contributed by atoms with Crippen molar-refractivity contribution in [3.05, 3.63) is 58.7 Å². The Bertz CT molecular complexity index is 811. The van der Waals surface area contributed by atoms with Crippen LogP contribution in [0.2, 0.25) is 0 Å². The van der Waals surface area contributed by atoms with Gasteiger partial charge in [0.2, 0.25) is 11.8 Å². The minimum absolute atomic E-state index is 0.0182. The summed E-state index contributed by atoms with van der Waals surface area (Å²) < 4.78 is 0. The molecule has 0 aromatic carbocycles. The molecule has 0 aromatic heterocycles. The molecule has 0 heterocycles. The summed E-state index contributed by atoms with van der Waals surface area (Å²) in [6.45, 7) is 15.1. The van der Waals surface area contributed by atoms with Gasteiger partial charge in [-0.15, -0.1) is 0 Å². The molecule has 0 bridgehead atoms. The van der Waals surface area contributed by atoms with Gasteiger partial charge in [0.05, 0.1) is 6.54 Å². The fraction of sp³-hybridized carbons (Fsp3) is 0.556. The third-order valence-electron chi connectivity index (χ3n) is 5.92. The molecule has 32 heavy (non-hydrogen) atoms. The first-order valence-electron chi connectivity index (χ1n) is 11.6. The fourth-order valence-corrected chi connectivity index (χ4v) is 3.89. The van der Waals surface area contributed by atoms with Gasteiger partial charge in [0.1, 0.15) is 6.04 Å². The molecule has 1 rings (SSSR count). The van der Waals surface area contributed by atoms with E-state index < -0.39 is 6.04 Å². The number of nitrogens with two attached hydrogens (primary N) is 1. The quantitative estimate of drug-likeness (QED) is 0.428. The summed E-state index contributed by atoms with van der Waals surface area (Å²) in [5.74, 6) is -0.551. The van der Waals surface area contributed by atoms with Crippen molar-refractivity contribution in [1.82, 2.24) is 10.6 Å². The van der Waals surface area contributed by atoms with Crippen molar-refractivity contribution in [2.24, 2.45) is 17.1 Å². The summed E-state index contributed by atoms with van der Waals surface area (Å²) in [6, 6.07) is -0.583. The molecule has 178 valence electrons. The van der Waals surface area contributed by atoms with Gasteiger partial charge >= 0.3 is 0 Å². The smallest absolute Gasteiger partial charge is 0.243 e. The Hall–Kier alpha value is -2.40. The minimum Gasteiger partial charge on any atom is -0.351 e. The summed E-state index contributed by atoms with van der Waals surface area (Å²) in [5.41, 5.74) is 10.8. The Kier molecular flexibility index (Phi) is 11.4. The molecule has 0 unspecified atom stereocenters. The van der Waals surface area contributed by atoms with Crippen molar-refractivity contribution < 1.29 is 9.59 Å². The van der Waals surface area contributed by atoms with Gasteiger partial charge in [-0.05, 0) is 56.9 Å². The van der Waals surface area contributed by atoms with Crippen LogP contribution in [0.25, 0.3) is 0 Å². The molecule has 1 aliphatic rings. The lowest BCUT2D eigenvalue weighted by Crippen LogP contribution is -2.51. The van der Waals surface area contributed by atoms with Gasteiger partial charge in [-0.1, -0.05) is 80.9 Å². The lowest BCUT2D eigenvalue weighted by Gasteiger charge is -2.32. The van der Waals surface area contributed by atoms with Crippen LogP contribution in [0.15, 0.2) is 58.7 Å². The monoisotopic (exact) mass is 441 g/mol. The summed E-state index contributed by atoms with van der Waals surface area (Å²) in [6.07, 6.45) is 16.3. The summed E-state index contributed by atoms with van der Waals surface area (Å²) >= 11 is 0. The maximum atomic E-state index is 12.4.